The van der Waals surface area contributed by atoms with Crippen LogP contribution >= 0.6 is 35.0 Å². The summed E-state index contributed by atoms with van der Waals surface area (Å²) in [6, 6.07) is 8.56. The van der Waals surface area contributed by atoms with Gasteiger partial charge in [0.2, 0.25) is 0 Å². The van der Waals surface area contributed by atoms with Gasteiger partial charge in [-0.3, -0.25) is 4.79 Å². The van der Waals surface area contributed by atoms with Crippen molar-refractivity contribution in [2.45, 2.75) is 10.1 Å². The smallest absolute Gasteiger partial charge is 0.258 e. The van der Waals surface area contributed by atoms with Crippen molar-refractivity contribution in [2.24, 2.45) is 7.05 Å². The van der Waals surface area contributed by atoms with Gasteiger partial charge < -0.3 is 9.88 Å². The molecule has 122 valence electrons. The molecular formula is C16H12Cl2N4OS. The Bertz CT molecular complexity index is 897. The second-order valence-corrected chi connectivity index (χ2v) is 6.66. The summed E-state index contributed by atoms with van der Waals surface area (Å²) in [5.74, 6) is -0.350. The Morgan fingerprint density at radius 1 is 1.21 bits per heavy atom. The Morgan fingerprint density at radius 2 is 2.04 bits per heavy atom. The summed E-state index contributed by atoms with van der Waals surface area (Å²) in [6.45, 7) is 0. The number of carbonyl (C=O) groups is 1. The first kappa shape index (κ1) is 16.8. The van der Waals surface area contributed by atoms with Gasteiger partial charge in [0.15, 0.2) is 5.16 Å². The summed E-state index contributed by atoms with van der Waals surface area (Å²) in [7, 11) is 1.90. The third kappa shape index (κ3) is 3.72. The number of rotatable bonds is 4. The minimum Gasteiger partial charge on any atom is -0.329 e. The Balaban J connectivity index is 1.90. The highest BCUT2D eigenvalue weighted by Crippen LogP contribution is 2.34. The highest BCUT2D eigenvalue weighted by Gasteiger charge is 2.15. The number of aryl methyl sites for hydroxylation is 1. The van der Waals surface area contributed by atoms with Crippen LogP contribution in [0.5, 0.6) is 0 Å². The number of hydrogen-bond donors (Lipinski definition) is 1. The number of nitrogens with one attached hydrogen (secondary N) is 1. The molecule has 24 heavy (non-hydrogen) atoms. The average molecular weight is 379 g/mol. The maximum Gasteiger partial charge on any atom is 0.258 e. The van der Waals surface area contributed by atoms with Gasteiger partial charge in [0.1, 0.15) is 5.15 Å². The first-order valence-electron chi connectivity index (χ1n) is 6.91. The van der Waals surface area contributed by atoms with Gasteiger partial charge in [-0.2, -0.15) is 0 Å². The zero-order valence-electron chi connectivity index (χ0n) is 12.5. The van der Waals surface area contributed by atoms with Gasteiger partial charge in [-0.1, -0.05) is 23.2 Å². The molecule has 0 fully saturated rings. The van der Waals surface area contributed by atoms with Crippen molar-refractivity contribution in [3.05, 3.63) is 64.7 Å². The van der Waals surface area contributed by atoms with Crippen LogP contribution in [-0.4, -0.2) is 20.4 Å². The van der Waals surface area contributed by atoms with E-state index in [1.807, 2.05) is 23.9 Å². The Labute approximate surface area is 153 Å². The van der Waals surface area contributed by atoms with E-state index < -0.39 is 0 Å². The number of carbonyl (C=O) groups excluding carboxylic acids is 1. The topological polar surface area (TPSA) is 59.8 Å². The highest BCUT2D eigenvalue weighted by molar-refractivity contribution is 7.99. The molecule has 0 aliphatic rings. The molecule has 0 aliphatic heterocycles. The molecule has 8 heteroatoms. The lowest BCUT2D eigenvalue weighted by Gasteiger charge is -2.11. The SMILES string of the molecule is Cn1ccnc1Sc1ccc(Cl)cc1NC(=O)c1cccnc1Cl. The maximum absolute atomic E-state index is 12.5. The fraction of sp³-hybridized carbons (Fsp3) is 0.0625. The van der Waals surface area contributed by atoms with E-state index in [0.717, 1.165) is 10.1 Å². The van der Waals surface area contributed by atoms with E-state index in [1.165, 1.54) is 18.0 Å². The van der Waals surface area contributed by atoms with Crippen LogP contribution in [0.4, 0.5) is 5.69 Å². The van der Waals surface area contributed by atoms with Crippen LogP contribution in [0.25, 0.3) is 0 Å². The number of nitrogens with zero attached hydrogens (tertiary/aromatic N) is 3. The number of aromatic nitrogens is 3. The van der Waals surface area contributed by atoms with Gasteiger partial charge in [0.25, 0.3) is 5.91 Å². The van der Waals surface area contributed by atoms with Gasteiger partial charge in [-0.25, -0.2) is 9.97 Å². The Kier molecular flexibility index (Phi) is 5.08. The van der Waals surface area contributed by atoms with Crippen LogP contribution < -0.4 is 5.32 Å². The minimum atomic E-state index is -0.350. The quantitative estimate of drug-likeness (QED) is 0.677. The molecular weight excluding hydrogens is 367 g/mol. The number of anilines is 1. The number of pyridine rings is 1. The molecule has 0 radical (unpaired) electrons. The first-order chi connectivity index (χ1) is 11.5. The van der Waals surface area contributed by atoms with Gasteiger partial charge in [0.05, 0.1) is 11.3 Å². The molecule has 2 aromatic heterocycles. The summed E-state index contributed by atoms with van der Waals surface area (Å²) in [6.07, 6.45) is 5.10. The first-order valence-corrected chi connectivity index (χ1v) is 8.48. The van der Waals surface area contributed by atoms with Gasteiger partial charge >= 0.3 is 0 Å². The molecule has 3 aromatic rings. The van der Waals surface area contributed by atoms with Crippen molar-refractivity contribution < 1.29 is 4.79 Å². The van der Waals surface area contributed by atoms with Gasteiger partial charge in [-0.15, -0.1) is 0 Å². The van der Waals surface area contributed by atoms with E-state index in [1.54, 1.807) is 30.5 Å². The van der Waals surface area contributed by atoms with E-state index >= 15 is 0 Å². The van der Waals surface area contributed by atoms with Crippen LogP contribution in [0, 0.1) is 0 Å². The van der Waals surface area contributed by atoms with Crippen LogP contribution in [0.2, 0.25) is 10.2 Å². The molecule has 3 rings (SSSR count). The van der Waals surface area contributed by atoms with Crippen molar-refractivity contribution in [3.63, 3.8) is 0 Å². The standard InChI is InChI=1S/C16H12Cl2N4OS/c1-22-8-7-20-16(22)24-13-5-4-10(17)9-12(13)21-15(23)11-3-2-6-19-14(11)18/h2-9H,1H3,(H,21,23). The lowest BCUT2D eigenvalue weighted by Crippen LogP contribution is -2.13. The maximum atomic E-state index is 12.5. The van der Waals surface area contributed by atoms with Crippen molar-refractivity contribution >= 4 is 46.6 Å². The molecule has 0 unspecified atom stereocenters. The normalized spacial score (nSPS) is 10.6. The summed E-state index contributed by atoms with van der Waals surface area (Å²) >= 11 is 13.5. The molecule has 1 amide bonds. The fourth-order valence-electron chi connectivity index (χ4n) is 1.98. The van der Waals surface area contributed by atoms with Gasteiger partial charge in [-0.05, 0) is 42.1 Å². The zero-order chi connectivity index (χ0) is 17.1. The van der Waals surface area contributed by atoms with E-state index in [0.29, 0.717) is 16.3 Å². The summed E-state index contributed by atoms with van der Waals surface area (Å²) < 4.78 is 1.89. The Hall–Kier alpha value is -2.02. The molecule has 2 heterocycles. The summed E-state index contributed by atoms with van der Waals surface area (Å²) in [4.78, 5) is 21.5. The third-order valence-electron chi connectivity index (χ3n) is 3.17. The monoisotopic (exact) mass is 378 g/mol. The number of benzene rings is 1. The molecule has 0 saturated carbocycles. The summed E-state index contributed by atoms with van der Waals surface area (Å²) in [5, 5.41) is 4.30. The van der Waals surface area contributed by atoms with Crippen LogP contribution in [-0.2, 0) is 7.05 Å². The van der Waals surface area contributed by atoms with Gasteiger partial charge in [0, 0.05) is 35.6 Å². The number of hydrogen-bond acceptors (Lipinski definition) is 4. The molecule has 0 atom stereocenters. The van der Waals surface area contributed by atoms with Crippen LogP contribution in [0.15, 0.2) is 59.0 Å². The Morgan fingerprint density at radius 3 is 2.75 bits per heavy atom. The lowest BCUT2D eigenvalue weighted by molar-refractivity contribution is 0.102. The van der Waals surface area contributed by atoms with Crippen molar-refractivity contribution in [3.8, 4) is 0 Å². The molecule has 0 saturated heterocycles. The lowest BCUT2D eigenvalue weighted by atomic mass is 10.2. The molecule has 1 aromatic carbocycles. The average Bonchev–Trinajstić information content (AvgIpc) is 2.95. The molecule has 1 N–H and O–H groups in total. The molecule has 0 spiro atoms. The highest BCUT2D eigenvalue weighted by atomic mass is 35.5. The second kappa shape index (κ2) is 7.25. The fourth-order valence-corrected chi connectivity index (χ4v) is 3.23. The largest absolute Gasteiger partial charge is 0.329 e. The number of amides is 1. The predicted molar refractivity (Wildman–Crippen MR) is 96.0 cm³/mol. The second-order valence-electron chi connectivity index (χ2n) is 4.86. The molecule has 0 bridgehead atoms. The van der Waals surface area contributed by atoms with E-state index in [2.05, 4.69) is 15.3 Å². The number of halogens is 2. The number of imidazole rings is 1. The van der Waals surface area contributed by atoms with E-state index in [4.69, 9.17) is 23.2 Å². The van der Waals surface area contributed by atoms with E-state index in [-0.39, 0.29) is 11.1 Å². The predicted octanol–water partition coefficient (Wildman–Crippen LogP) is 4.53. The van der Waals surface area contributed by atoms with Crippen LogP contribution in [0.1, 0.15) is 10.4 Å². The molecule has 0 aliphatic carbocycles. The summed E-state index contributed by atoms with van der Waals surface area (Å²) in [5.41, 5.74) is 0.882. The van der Waals surface area contributed by atoms with Crippen molar-refractivity contribution in [1.82, 2.24) is 14.5 Å². The van der Waals surface area contributed by atoms with E-state index in [9.17, 15) is 4.79 Å². The minimum absolute atomic E-state index is 0.148. The van der Waals surface area contributed by atoms with Crippen molar-refractivity contribution in [1.29, 1.82) is 0 Å². The van der Waals surface area contributed by atoms with Crippen molar-refractivity contribution in [2.75, 3.05) is 5.32 Å². The molecule has 5 nitrogen and oxygen atoms in total. The third-order valence-corrected chi connectivity index (χ3v) is 4.86. The van der Waals surface area contributed by atoms with Crippen LogP contribution in [0.3, 0.4) is 0 Å². The zero-order valence-corrected chi connectivity index (χ0v) is 14.9.